The molecule has 4 amide bonds. The van der Waals surface area contributed by atoms with Crippen molar-refractivity contribution >= 4 is 18.0 Å². The maximum absolute atomic E-state index is 9.88. The topological polar surface area (TPSA) is 148 Å². The molecule has 10 heteroatoms. The first kappa shape index (κ1) is 18.8. The number of urea groups is 2. The van der Waals surface area contributed by atoms with Crippen LogP contribution in [0.3, 0.4) is 0 Å². The number of hydrogen-bond donors (Lipinski definition) is 5. The Morgan fingerprint density at radius 2 is 1.36 bits per heavy atom. The van der Waals surface area contributed by atoms with Gasteiger partial charge in [0.15, 0.2) is 0 Å². The number of carbonyl (C=O) groups excluding carboxylic acids is 2. The first-order valence-electron chi connectivity index (χ1n) is 2.71. The van der Waals surface area contributed by atoms with E-state index in [0.717, 1.165) is 6.92 Å². The number of aliphatic carboxylic acids is 1. The van der Waals surface area contributed by atoms with Crippen molar-refractivity contribution in [2.45, 2.75) is 6.92 Å². The van der Waals surface area contributed by atoms with Gasteiger partial charge in [0.2, 0.25) is 0 Å². The van der Waals surface area contributed by atoms with Gasteiger partial charge in [0, 0.05) is 24.0 Å². The molecule has 0 heterocycles. The minimum atomic E-state index is -0.833. The summed E-state index contributed by atoms with van der Waals surface area (Å²) in [6.45, 7) is 1.08. The van der Waals surface area contributed by atoms with Crippen molar-refractivity contribution in [1.29, 1.82) is 0 Å². The van der Waals surface area contributed by atoms with Gasteiger partial charge >= 0.3 is 57.2 Å². The molecule has 0 fully saturated rings. The van der Waals surface area contributed by atoms with E-state index in [-0.39, 0.29) is 17.1 Å². The summed E-state index contributed by atoms with van der Waals surface area (Å²) < 4.78 is 4.02. The van der Waals surface area contributed by atoms with Crippen LogP contribution in [0.2, 0.25) is 0 Å². The molecule has 14 heavy (non-hydrogen) atoms. The van der Waals surface area contributed by atoms with Crippen molar-refractivity contribution in [2.75, 3.05) is 0 Å². The van der Waals surface area contributed by atoms with Crippen LogP contribution in [-0.2, 0) is 37.3 Å². The number of carbonyl (C=O) groups is 3. The van der Waals surface area contributed by atoms with Crippen LogP contribution in [-0.4, -0.2) is 23.1 Å². The van der Waals surface area contributed by atoms with Gasteiger partial charge in [-0.3, -0.25) is 4.79 Å². The molecule has 92 valence electrons. The predicted octanol–water partition coefficient (Wildman–Crippen LogP) is -1.68. The van der Waals surface area contributed by atoms with Crippen LogP contribution < -0.4 is 20.1 Å². The average Bonchev–Trinajstić information content (AvgIpc) is 1.83. The van der Waals surface area contributed by atoms with Crippen molar-refractivity contribution < 1.29 is 52.0 Å². The minimum absolute atomic E-state index is 0. The molecule has 8 nitrogen and oxygen atoms in total. The SMILES string of the molecule is CC(=O)O.NC(=O)[NH][Cu][NH]C(N)=O.[Cu]. The second kappa shape index (κ2) is 12.0. The first-order valence-corrected chi connectivity index (χ1v) is 3.66. The molecule has 0 aromatic carbocycles. The molecular formula is C4H10Cu2N4O4. The molecule has 0 atom stereocenters. The normalized spacial score (nSPS) is 7.21. The van der Waals surface area contributed by atoms with E-state index in [1.165, 1.54) is 0 Å². The number of carboxylic acids is 1. The molecule has 0 bridgehead atoms. The molecule has 0 aromatic rings. The van der Waals surface area contributed by atoms with Crippen molar-refractivity contribution in [3.05, 3.63) is 0 Å². The quantitative estimate of drug-likeness (QED) is 0.388. The fourth-order valence-electron chi connectivity index (χ4n) is 0.0931. The molecule has 0 saturated carbocycles. The summed E-state index contributed by atoms with van der Waals surface area (Å²) in [5, 5.41) is 7.42. The van der Waals surface area contributed by atoms with Crippen LogP contribution in [0.4, 0.5) is 9.59 Å². The third-order valence-corrected chi connectivity index (χ3v) is 0.923. The molecule has 0 aliphatic heterocycles. The zero-order chi connectivity index (χ0) is 10.9. The third-order valence-electron chi connectivity index (χ3n) is 0.224. The number of hydrogen-bond acceptors (Lipinski definition) is 3. The molecular weight excluding hydrogens is 295 g/mol. The van der Waals surface area contributed by atoms with Crippen LogP contribution in [0.1, 0.15) is 6.92 Å². The summed E-state index contributed by atoms with van der Waals surface area (Å²) in [4.78, 5) is 28.8. The zero-order valence-electron chi connectivity index (χ0n) is 6.93. The number of nitrogens with one attached hydrogen (secondary N) is 2. The standard InChI is InChI=1S/C2H4O2.2CH4N2O.2Cu/c1-2(3)4;2*2-1(3)4;;/h1H3,(H,3,4);2*(H4,2,3,4);;/q;;;;+2/p-2. The number of rotatable bonds is 2. The Labute approximate surface area is 97.2 Å². The minimum Gasteiger partial charge on any atom is 0 e. The summed E-state index contributed by atoms with van der Waals surface area (Å²) >= 11 is 0.703. The Balaban J connectivity index is -0.000000209. The van der Waals surface area contributed by atoms with Gasteiger partial charge in [0.25, 0.3) is 5.97 Å². The van der Waals surface area contributed by atoms with Gasteiger partial charge in [0.1, 0.15) is 0 Å². The van der Waals surface area contributed by atoms with Gasteiger partial charge in [-0.1, -0.05) is 0 Å². The predicted molar refractivity (Wildman–Crippen MR) is 38.7 cm³/mol. The smallest absolute Gasteiger partial charge is 0 e. The van der Waals surface area contributed by atoms with E-state index in [4.69, 9.17) is 9.90 Å². The molecule has 0 saturated heterocycles. The van der Waals surface area contributed by atoms with Crippen LogP contribution in [0, 0.1) is 0 Å². The summed E-state index contributed by atoms with van der Waals surface area (Å²) in [6, 6.07) is -1.49. The molecule has 0 spiro atoms. The Morgan fingerprint density at radius 3 is 1.50 bits per heavy atom. The Bertz CT molecular complexity index is 182. The number of nitrogens with two attached hydrogens (primary N) is 2. The van der Waals surface area contributed by atoms with Crippen LogP contribution in [0.15, 0.2) is 0 Å². The van der Waals surface area contributed by atoms with E-state index < -0.39 is 18.0 Å². The van der Waals surface area contributed by atoms with E-state index in [1.807, 2.05) is 8.67 Å². The number of carboxylic acid groups (broad SMARTS) is 1. The molecule has 0 unspecified atom stereocenters. The number of primary amides is 2. The Hall–Kier alpha value is -0.951. The Kier molecular flexibility index (Phi) is 16.1. The van der Waals surface area contributed by atoms with E-state index >= 15 is 0 Å². The van der Waals surface area contributed by atoms with Gasteiger partial charge in [-0.2, -0.15) is 0 Å². The zero-order valence-corrected chi connectivity index (χ0v) is 8.81. The molecule has 0 aliphatic carbocycles. The van der Waals surface area contributed by atoms with E-state index in [0.29, 0.717) is 15.4 Å². The van der Waals surface area contributed by atoms with Crippen molar-refractivity contribution in [1.82, 2.24) is 8.67 Å². The van der Waals surface area contributed by atoms with Gasteiger partial charge in [0.05, 0.1) is 0 Å². The molecule has 0 aliphatic rings. The van der Waals surface area contributed by atoms with Gasteiger partial charge < -0.3 is 5.11 Å². The van der Waals surface area contributed by atoms with Crippen LogP contribution >= 0.6 is 0 Å². The summed E-state index contributed by atoms with van der Waals surface area (Å²) in [7, 11) is 0. The van der Waals surface area contributed by atoms with Crippen LogP contribution in [0.5, 0.6) is 0 Å². The maximum atomic E-state index is 9.88. The number of amides is 4. The monoisotopic (exact) mass is 304 g/mol. The average molecular weight is 305 g/mol. The van der Waals surface area contributed by atoms with Crippen LogP contribution in [0.25, 0.3) is 0 Å². The van der Waals surface area contributed by atoms with Gasteiger partial charge in [-0.25, -0.2) is 0 Å². The second-order valence-corrected chi connectivity index (χ2v) is 2.18. The third kappa shape index (κ3) is 43.8. The summed E-state index contributed by atoms with van der Waals surface area (Å²) in [6.07, 6.45) is 0. The van der Waals surface area contributed by atoms with E-state index in [2.05, 4.69) is 11.5 Å². The van der Waals surface area contributed by atoms with Gasteiger partial charge in [-0.05, 0) is 0 Å². The van der Waals surface area contributed by atoms with E-state index in [9.17, 15) is 9.59 Å². The van der Waals surface area contributed by atoms with Crippen molar-refractivity contribution in [3.8, 4) is 0 Å². The second-order valence-electron chi connectivity index (χ2n) is 1.47. The molecule has 0 aromatic heterocycles. The molecule has 1 radical (unpaired) electrons. The van der Waals surface area contributed by atoms with Crippen molar-refractivity contribution in [2.24, 2.45) is 11.5 Å². The largest absolute Gasteiger partial charge is 0 e. The van der Waals surface area contributed by atoms with E-state index in [1.54, 1.807) is 0 Å². The fraction of sp³-hybridized carbons (Fsp3) is 0.250. The Morgan fingerprint density at radius 1 is 1.14 bits per heavy atom. The van der Waals surface area contributed by atoms with Crippen molar-refractivity contribution in [3.63, 3.8) is 0 Å². The maximum Gasteiger partial charge on any atom is 0 e. The molecule has 0 rings (SSSR count). The van der Waals surface area contributed by atoms with Gasteiger partial charge in [-0.15, -0.1) is 0 Å². The first-order chi connectivity index (χ1) is 5.86. The molecule has 7 N–H and O–H groups in total. The summed E-state index contributed by atoms with van der Waals surface area (Å²) in [5.74, 6) is -0.833. The fourth-order valence-corrected chi connectivity index (χ4v) is 0.384. The summed E-state index contributed by atoms with van der Waals surface area (Å²) in [5.41, 5.74) is 9.23.